The van der Waals surface area contributed by atoms with Gasteiger partial charge in [0, 0.05) is 22.7 Å². The number of likely N-dealkylation sites (tertiary alicyclic amines) is 1. The van der Waals surface area contributed by atoms with E-state index in [0.717, 1.165) is 24.9 Å². The number of imide groups is 1. The molecule has 0 bridgehead atoms. The number of nitrogens with one attached hydrogen (secondary N) is 2. The molecule has 1 aromatic rings. The second kappa shape index (κ2) is 8.11. The van der Waals surface area contributed by atoms with Gasteiger partial charge in [-0.15, -0.1) is 0 Å². The van der Waals surface area contributed by atoms with Crippen LogP contribution in [0.4, 0.5) is 0 Å². The molecule has 6 heteroatoms. The normalized spacial score (nSPS) is 18.2. The molecule has 0 saturated carbocycles. The average molecular weight is 364 g/mol. The van der Waals surface area contributed by atoms with Crippen molar-refractivity contribution in [1.82, 2.24) is 10.2 Å². The number of amides is 2. The Labute approximate surface area is 154 Å². The predicted octanol–water partition coefficient (Wildman–Crippen LogP) is 3.40. The lowest BCUT2D eigenvalue weighted by Crippen LogP contribution is -2.45. The lowest BCUT2D eigenvalue weighted by atomic mass is 9.88. The Morgan fingerprint density at radius 1 is 1.28 bits per heavy atom. The topological polar surface area (TPSA) is 73.3 Å². The maximum Gasteiger partial charge on any atom is 0.243 e. The van der Waals surface area contributed by atoms with Crippen molar-refractivity contribution in [3.63, 3.8) is 0 Å². The van der Waals surface area contributed by atoms with Crippen LogP contribution < -0.4 is 5.32 Å². The Morgan fingerprint density at radius 3 is 2.52 bits per heavy atom. The second-order valence-corrected chi connectivity index (χ2v) is 8.01. The van der Waals surface area contributed by atoms with Crippen molar-refractivity contribution in [1.29, 1.82) is 5.41 Å². The van der Waals surface area contributed by atoms with E-state index in [1.165, 1.54) is 0 Å². The summed E-state index contributed by atoms with van der Waals surface area (Å²) in [6.45, 7) is 7.13. The number of rotatable bonds is 5. The molecule has 0 radical (unpaired) electrons. The van der Waals surface area contributed by atoms with Gasteiger partial charge >= 0.3 is 0 Å². The highest BCUT2D eigenvalue weighted by Crippen LogP contribution is 2.21. The molecule has 1 unspecified atom stereocenters. The summed E-state index contributed by atoms with van der Waals surface area (Å²) in [5, 5.41) is 11.1. The zero-order chi connectivity index (χ0) is 18.6. The van der Waals surface area contributed by atoms with E-state index in [1.54, 1.807) is 0 Å². The van der Waals surface area contributed by atoms with Gasteiger partial charge in [-0.25, -0.2) is 0 Å². The average Bonchev–Trinajstić information content (AvgIpc) is 2.96. The van der Waals surface area contributed by atoms with Crippen molar-refractivity contribution in [3.05, 3.63) is 34.9 Å². The predicted molar refractivity (Wildman–Crippen MR) is 99.8 cm³/mol. The van der Waals surface area contributed by atoms with Crippen molar-refractivity contribution in [2.75, 3.05) is 6.54 Å². The van der Waals surface area contributed by atoms with E-state index in [4.69, 9.17) is 17.0 Å². The minimum Gasteiger partial charge on any atom is -0.309 e. The first-order valence-electron chi connectivity index (χ1n) is 8.57. The van der Waals surface area contributed by atoms with Gasteiger partial charge in [-0.2, -0.15) is 0 Å². The molecule has 0 aromatic heterocycles. The van der Waals surface area contributed by atoms with E-state index in [0.29, 0.717) is 17.3 Å². The van der Waals surface area contributed by atoms with E-state index < -0.39 is 5.91 Å². The van der Waals surface area contributed by atoms with Crippen LogP contribution in [0.2, 0.25) is 5.02 Å². The molecule has 2 N–H and O–H groups in total. The number of carbonyl (C=O) groups excluding carboxylic acids is 2. The van der Waals surface area contributed by atoms with E-state index in [9.17, 15) is 9.59 Å². The molecule has 25 heavy (non-hydrogen) atoms. The summed E-state index contributed by atoms with van der Waals surface area (Å²) >= 11 is 5.91. The fourth-order valence-corrected chi connectivity index (χ4v) is 2.95. The molecule has 1 atom stereocenters. The number of hydrogen-bond acceptors (Lipinski definition) is 4. The highest BCUT2D eigenvalue weighted by Gasteiger charge is 2.32. The van der Waals surface area contributed by atoms with Crippen molar-refractivity contribution in [2.24, 2.45) is 5.41 Å². The SMILES string of the molecule is CC(C)(C)C(=N)CC(=O)NC(=O)C1CCCN1Cc1ccc(Cl)cc1. The van der Waals surface area contributed by atoms with Gasteiger partial charge in [0.1, 0.15) is 0 Å². The van der Waals surface area contributed by atoms with Gasteiger partial charge in [0.05, 0.1) is 12.5 Å². The molecule has 2 amide bonds. The lowest BCUT2D eigenvalue weighted by molar-refractivity contribution is -0.132. The molecule has 136 valence electrons. The van der Waals surface area contributed by atoms with Crippen molar-refractivity contribution in [3.8, 4) is 0 Å². The summed E-state index contributed by atoms with van der Waals surface area (Å²) in [6, 6.07) is 7.27. The second-order valence-electron chi connectivity index (χ2n) is 7.57. The van der Waals surface area contributed by atoms with E-state index in [-0.39, 0.29) is 23.8 Å². The third kappa shape index (κ3) is 5.65. The molecule has 1 saturated heterocycles. The maximum atomic E-state index is 12.5. The summed E-state index contributed by atoms with van der Waals surface area (Å²) in [7, 11) is 0. The molecule has 1 aromatic carbocycles. The molecular formula is C19H26ClN3O2. The number of halogens is 1. The number of benzene rings is 1. The van der Waals surface area contributed by atoms with Crippen LogP contribution in [-0.2, 0) is 16.1 Å². The minimum absolute atomic E-state index is 0.0425. The van der Waals surface area contributed by atoms with Gasteiger partial charge < -0.3 is 5.41 Å². The Balaban J connectivity index is 1.92. The summed E-state index contributed by atoms with van der Waals surface area (Å²) in [6.07, 6.45) is 1.63. The Bertz CT molecular complexity index is 650. The fourth-order valence-electron chi connectivity index (χ4n) is 2.83. The van der Waals surface area contributed by atoms with Crippen LogP contribution in [0.15, 0.2) is 24.3 Å². The molecule has 1 heterocycles. The molecule has 2 rings (SSSR count). The maximum absolute atomic E-state index is 12.5. The highest BCUT2D eigenvalue weighted by atomic mass is 35.5. The molecule has 0 aliphatic carbocycles. The van der Waals surface area contributed by atoms with Crippen LogP contribution in [0.25, 0.3) is 0 Å². The first kappa shape index (κ1) is 19.6. The summed E-state index contributed by atoms with van der Waals surface area (Å²) in [5.74, 6) is -0.665. The van der Waals surface area contributed by atoms with Gasteiger partial charge in [0.15, 0.2) is 0 Å². The highest BCUT2D eigenvalue weighted by molar-refractivity contribution is 6.30. The third-order valence-corrected chi connectivity index (χ3v) is 4.72. The van der Waals surface area contributed by atoms with Gasteiger partial charge in [0.25, 0.3) is 0 Å². The first-order chi connectivity index (χ1) is 11.7. The fraction of sp³-hybridized carbons (Fsp3) is 0.526. The summed E-state index contributed by atoms with van der Waals surface area (Å²) in [4.78, 5) is 26.6. The summed E-state index contributed by atoms with van der Waals surface area (Å²) in [5.41, 5.74) is 1.04. The van der Waals surface area contributed by atoms with Crippen molar-refractivity contribution < 1.29 is 9.59 Å². The smallest absolute Gasteiger partial charge is 0.243 e. The van der Waals surface area contributed by atoms with Gasteiger partial charge in [-0.1, -0.05) is 44.5 Å². The van der Waals surface area contributed by atoms with Crippen LogP contribution in [0.1, 0.15) is 45.6 Å². The Morgan fingerprint density at radius 2 is 1.92 bits per heavy atom. The molecule has 1 fully saturated rings. The van der Waals surface area contributed by atoms with Gasteiger partial charge in [-0.05, 0) is 37.1 Å². The minimum atomic E-state index is -0.400. The van der Waals surface area contributed by atoms with Crippen LogP contribution in [-0.4, -0.2) is 35.0 Å². The van der Waals surface area contributed by atoms with E-state index >= 15 is 0 Å². The van der Waals surface area contributed by atoms with Gasteiger partial charge in [-0.3, -0.25) is 19.8 Å². The number of nitrogens with zero attached hydrogens (tertiary/aromatic N) is 1. The zero-order valence-electron chi connectivity index (χ0n) is 15.1. The molecule has 1 aliphatic heterocycles. The van der Waals surface area contributed by atoms with E-state index in [1.807, 2.05) is 45.0 Å². The standard InChI is InChI=1S/C19H26ClN3O2/c1-19(2,3)16(21)11-17(24)22-18(25)15-5-4-10-23(15)12-13-6-8-14(20)9-7-13/h6-9,15,21H,4-5,10-12H2,1-3H3,(H,22,24,25). The zero-order valence-corrected chi connectivity index (χ0v) is 15.8. The van der Waals surface area contributed by atoms with Crippen molar-refractivity contribution in [2.45, 2.75) is 52.6 Å². The molecule has 0 spiro atoms. The Hall–Kier alpha value is -1.72. The Kier molecular flexibility index (Phi) is 6.36. The quantitative estimate of drug-likeness (QED) is 0.787. The van der Waals surface area contributed by atoms with Gasteiger partial charge in [0.2, 0.25) is 11.8 Å². The number of carbonyl (C=O) groups is 2. The first-order valence-corrected chi connectivity index (χ1v) is 8.94. The van der Waals surface area contributed by atoms with Crippen LogP contribution in [0.3, 0.4) is 0 Å². The monoisotopic (exact) mass is 363 g/mol. The van der Waals surface area contributed by atoms with Crippen molar-refractivity contribution >= 4 is 29.1 Å². The molecular weight excluding hydrogens is 338 g/mol. The van der Waals surface area contributed by atoms with E-state index in [2.05, 4.69) is 10.2 Å². The molecule has 5 nitrogen and oxygen atoms in total. The van der Waals surface area contributed by atoms with Crippen LogP contribution >= 0.6 is 11.6 Å². The summed E-state index contributed by atoms with van der Waals surface area (Å²) < 4.78 is 0. The number of hydrogen-bond donors (Lipinski definition) is 2. The largest absolute Gasteiger partial charge is 0.309 e. The lowest BCUT2D eigenvalue weighted by Gasteiger charge is -2.24. The third-order valence-electron chi connectivity index (χ3n) is 4.47. The molecule has 1 aliphatic rings. The van der Waals surface area contributed by atoms with Crippen LogP contribution in [0, 0.1) is 10.8 Å². The van der Waals surface area contributed by atoms with Crippen LogP contribution in [0.5, 0.6) is 0 Å².